The summed E-state index contributed by atoms with van der Waals surface area (Å²) in [6, 6.07) is 13.8. The van der Waals surface area contributed by atoms with Crippen molar-refractivity contribution in [2.75, 3.05) is 11.9 Å². The van der Waals surface area contributed by atoms with Crippen molar-refractivity contribution < 1.29 is 19.1 Å². The van der Waals surface area contributed by atoms with Gasteiger partial charge in [0.15, 0.2) is 5.58 Å². The zero-order valence-corrected chi connectivity index (χ0v) is 16.3. The Bertz CT molecular complexity index is 1080. The summed E-state index contributed by atoms with van der Waals surface area (Å²) in [6.07, 6.45) is 0.161. The second kappa shape index (κ2) is 8.32. The third-order valence-corrected chi connectivity index (χ3v) is 4.35. The second-order valence-corrected chi connectivity index (χ2v) is 7.43. The van der Waals surface area contributed by atoms with E-state index in [9.17, 15) is 19.5 Å². The van der Waals surface area contributed by atoms with E-state index in [1.165, 1.54) is 4.57 Å². The number of hydrogen-bond acceptors (Lipinski definition) is 5. The molecule has 0 radical (unpaired) electrons. The van der Waals surface area contributed by atoms with Crippen molar-refractivity contribution in [3.8, 4) is 0 Å². The zero-order valence-electron chi connectivity index (χ0n) is 16.3. The largest absolute Gasteiger partial charge is 0.420 e. The summed E-state index contributed by atoms with van der Waals surface area (Å²) in [5, 5.41) is 14.7. The molecule has 2 aromatic carbocycles. The third kappa shape index (κ3) is 5.11. The number of aliphatic hydroxyl groups excluding tert-OH is 1. The van der Waals surface area contributed by atoms with Crippen molar-refractivity contribution >= 4 is 28.6 Å². The Labute approximate surface area is 167 Å². The Morgan fingerprint density at radius 1 is 1.07 bits per heavy atom. The van der Waals surface area contributed by atoms with E-state index in [1.54, 1.807) is 62.4 Å². The molecule has 3 rings (SSSR count). The molecule has 1 heterocycles. The van der Waals surface area contributed by atoms with Gasteiger partial charge in [-0.1, -0.05) is 24.3 Å². The quantitative estimate of drug-likeness (QED) is 0.561. The number of fused-ring (bicyclic) bond motifs is 1. The number of anilines is 1. The fourth-order valence-electron chi connectivity index (χ4n) is 2.86. The summed E-state index contributed by atoms with van der Waals surface area (Å²) in [4.78, 5) is 36.3. The zero-order chi connectivity index (χ0) is 21.0. The van der Waals surface area contributed by atoms with E-state index in [0.29, 0.717) is 16.8 Å². The molecule has 3 N–H and O–H groups in total. The van der Waals surface area contributed by atoms with E-state index in [1.807, 2.05) is 0 Å². The molecule has 0 saturated carbocycles. The molecule has 0 aliphatic heterocycles. The molecule has 8 heteroatoms. The molecule has 0 atom stereocenters. The van der Waals surface area contributed by atoms with E-state index in [2.05, 4.69) is 10.6 Å². The Hall–Kier alpha value is -3.39. The molecule has 0 aliphatic carbocycles. The van der Waals surface area contributed by atoms with E-state index in [0.717, 1.165) is 5.56 Å². The Morgan fingerprint density at radius 2 is 1.76 bits per heavy atom. The third-order valence-electron chi connectivity index (χ3n) is 4.35. The van der Waals surface area contributed by atoms with Crippen molar-refractivity contribution in [1.29, 1.82) is 0 Å². The minimum absolute atomic E-state index is 0.154. The number of hydrogen-bond donors (Lipinski definition) is 3. The summed E-state index contributed by atoms with van der Waals surface area (Å²) < 4.78 is 6.39. The highest BCUT2D eigenvalue weighted by Crippen LogP contribution is 2.13. The molecule has 0 aliphatic rings. The fraction of sp³-hybridized carbons (Fsp3) is 0.286. The molecule has 0 saturated heterocycles. The van der Waals surface area contributed by atoms with Crippen molar-refractivity contribution in [3.63, 3.8) is 0 Å². The van der Waals surface area contributed by atoms with Crippen LogP contribution in [0.5, 0.6) is 0 Å². The fourth-order valence-corrected chi connectivity index (χ4v) is 2.86. The van der Waals surface area contributed by atoms with Gasteiger partial charge in [-0.3, -0.25) is 14.2 Å². The lowest BCUT2D eigenvalue weighted by molar-refractivity contribution is -0.122. The van der Waals surface area contributed by atoms with Gasteiger partial charge in [-0.2, -0.15) is 0 Å². The SMILES string of the molecule is CC(C)(CO)NC(=O)Cc1ccc(NC(=O)Cn2c(=O)oc3ccccc32)cc1. The van der Waals surface area contributed by atoms with Gasteiger partial charge in [0, 0.05) is 5.69 Å². The van der Waals surface area contributed by atoms with Gasteiger partial charge in [-0.25, -0.2) is 4.79 Å². The first-order valence-electron chi connectivity index (χ1n) is 9.16. The molecule has 152 valence electrons. The first-order chi connectivity index (χ1) is 13.8. The van der Waals surface area contributed by atoms with Gasteiger partial charge in [0.2, 0.25) is 11.8 Å². The number of aliphatic hydroxyl groups is 1. The number of carbonyl (C=O) groups excluding carboxylic acids is 2. The number of nitrogens with one attached hydrogen (secondary N) is 2. The lowest BCUT2D eigenvalue weighted by Crippen LogP contribution is -2.46. The predicted molar refractivity (Wildman–Crippen MR) is 109 cm³/mol. The maximum absolute atomic E-state index is 12.3. The lowest BCUT2D eigenvalue weighted by Gasteiger charge is -2.23. The molecule has 0 unspecified atom stereocenters. The maximum Gasteiger partial charge on any atom is 0.420 e. The van der Waals surface area contributed by atoms with Crippen LogP contribution in [-0.4, -0.2) is 33.6 Å². The van der Waals surface area contributed by atoms with Crippen LogP contribution >= 0.6 is 0 Å². The highest BCUT2D eigenvalue weighted by molar-refractivity contribution is 5.91. The summed E-state index contributed by atoms with van der Waals surface area (Å²) in [7, 11) is 0. The number of carbonyl (C=O) groups is 2. The molecule has 0 spiro atoms. The van der Waals surface area contributed by atoms with Crippen LogP contribution in [0.1, 0.15) is 19.4 Å². The second-order valence-electron chi connectivity index (χ2n) is 7.43. The van der Waals surface area contributed by atoms with E-state index in [4.69, 9.17) is 4.42 Å². The average molecular weight is 397 g/mol. The Morgan fingerprint density at radius 3 is 2.45 bits per heavy atom. The van der Waals surface area contributed by atoms with Crippen LogP contribution in [0.15, 0.2) is 57.7 Å². The predicted octanol–water partition coefficient (Wildman–Crippen LogP) is 1.66. The Kier molecular flexibility index (Phi) is 5.84. The van der Waals surface area contributed by atoms with Crippen LogP contribution < -0.4 is 16.4 Å². The van der Waals surface area contributed by atoms with Crippen molar-refractivity contribution in [2.45, 2.75) is 32.4 Å². The van der Waals surface area contributed by atoms with Gasteiger partial charge in [-0.05, 0) is 43.7 Å². The molecular weight excluding hydrogens is 374 g/mol. The van der Waals surface area contributed by atoms with Gasteiger partial charge in [0.25, 0.3) is 0 Å². The number of amides is 2. The molecular formula is C21H23N3O5. The summed E-state index contributed by atoms with van der Waals surface area (Å²) in [6.45, 7) is 3.14. The minimum Gasteiger partial charge on any atom is -0.408 e. The normalized spacial score (nSPS) is 11.4. The molecule has 2 amide bonds. The number of rotatable bonds is 7. The van der Waals surface area contributed by atoms with Gasteiger partial charge >= 0.3 is 5.76 Å². The first kappa shape index (κ1) is 20.3. The lowest BCUT2D eigenvalue weighted by atomic mass is 10.1. The number of oxazole rings is 1. The van der Waals surface area contributed by atoms with Crippen LogP contribution in [0, 0.1) is 0 Å². The van der Waals surface area contributed by atoms with E-state index >= 15 is 0 Å². The van der Waals surface area contributed by atoms with Gasteiger partial charge in [-0.15, -0.1) is 0 Å². The molecule has 0 bridgehead atoms. The molecule has 0 fully saturated rings. The number of aromatic nitrogens is 1. The molecule has 29 heavy (non-hydrogen) atoms. The average Bonchev–Trinajstić information content (AvgIpc) is 2.98. The highest BCUT2D eigenvalue weighted by Gasteiger charge is 2.19. The monoisotopic (exact) mass is 397 g/mol. The Balaban J connectivity index is 1.61. The summed E-state index contributed by atoms with van der Waals surface area (Å²) >= 11 is 0. The standard InChI is InChI=1S/C21H23N3O5/c1-21(2,13-25)23-18(26)11-14-7-9-15(10-8-14)22-19(27)12-24-16-5-3-4-6-17(16)29-20(24)28/h3-10,25H,11-13H2,1-2H3,(H,22,27)(H,23,26). The van der Waals surface area contributed by atoms with Crippen LogP contribution in [-0.2, 0) is 22.6 Å². The molecule has 3 aromatic rings. The van der Waals surface area contributed by atoms with Crippen molar-refractivity contribution in [2.24, 2.45) is 0 Å². The van der Waals surface area contributed by atoms with Crippen LogP contribution in [0.25, 0.3) is 11.1 Å². The van der Waals surface area contributed by atoms with Crippen LogP contribution in [0.3, 0.4) is 0 Å². The van der Waals surface area contributed by atoms with Crippen molar-refractivity contribution in [3.05, 3.63) is 64.6 Å². The topological polar surface area (TPSA) is 114 Å². The number of para-hydroxylation sites is 2. The van der Waals surface area contributed by atoms with E-state index in [-0.39, 0.29) is 31.4 Å². The highest BCUT2D eigenvalue weighted by atomic mass is 16.4. The summed E-state index contributed by atoms with van der Waals surface area (Å²) in [5.74, 6) is -1.16. The number of nitrogens with zero attached hydrogens (tertiary/aromatic N) is 1. The minimum atomic E-state index is -0.680. The molecule has 1 aromatic heterocycles. The smallest absolute Gasteiger partial charge is 0.408 e. The van der Waals surface area contributed by atoms with Crippen LogP contribution in [0.2, 0.25) is 0 Å². The molecule has 8 nitrogen and oxygen atoms in total. The van der Waals surface area contributed by atoms with Crippen molar-refractivity contribution in [1.82, 2.24) is 9.88 Å². The summed E-state index contributed by atoms with van der Waals surface area (Å²) in [5.41, 5.74) is 1.62. The maximum atomic E-state index is 12.3. The van der Waals surface area contributed by atoms with Crippen LogP contribution in [0.4, 0.5) is 5.69 Å². The van der Waals surface area contributed by atoms with E-state index < -0.39 is 11.3 Å². The van der Waals surface area contributed by atoms with Gasteiger partial charge in [0.1, 0.15) is 6.54 Å². The van der Waals surface area contributed by atoms with Gasteiger partial charge < -0.3 is 20.2 Å². The first-order valence-corrected chi connectivity index (χ1v) is 9.16. The van der Waals surface area contributed by atoms with Gasteiger partial charge in [0.05, 0.1) is 24.1 Å². The number of benzene rings is 2.